The van der Waals surface area contributed by atoms with Gasteiger partial charge in [0.25, 0.3) is 0 Å². The Balaban J connectivity index is 2.07. The SMILES string of the molecule is COc1ccc(N)c(SCc2csc(C(C)(C)C)n2)c1. The van der Waals surface area contributed by atoms with E-state index in [1.165, 1.54) is 5.01 Å². The van der Waals surface area contributed by atoms with Crippen molar-refractivity contribution in [3.63, 3.8) is 0 Å². The van der Waals surface area contributed by atoms with E-state index in [1.807, 2.05) is 18.2 Å². The number of rotatable bonds is 4. The van der Waals surface area contributed by atoms with E-state index in [0.29, 0.717) is 0 Å². The van der Waals surface area contributed by atoms with Gasteiger partial charge < -0.3 is 10.5 Å². The number of thioether (sulfide) groups is 1. The molecule has 0 amide bonds. The number of benzene rings is 1. The molecule has 0 aliphatic rings. The standard InChI is InChI=1S/C15H20N2OS2/c1-15(2,3)14-17-10(9-20-14)8-19-13-7-11(18-4)5-6-12(13)16/h5-7,9H,8,16H2,1-4H3. The average molecular weight is 308 g/mol. The Morgan fingerprint density at radius 2 is 2.10 bits per heavy atom. The van der Waals surface area contributed by atoms with E-state index in [4.69, 9.17) is 15.5 Å². The minimum atomic E-state index is 0.114. The molecule has 0 unspecified atom stereocenters. The Morgan fingerprint density at radius 1 is 1.35 bits per heavy atom. The van der Waals surface area contributed by atoms with Gasteiger partial charge in [-0.15, -0.1) is 23.1 Å². The fraction of sp³-hybridized carbons (Fsp3) is 0.400. The summed E-state index contributed by atoms with van der Waals surface area (Å²) in [4.78, 5) is 5.73. The first-order valence-corrected chi connectivity index (χ1v) is 8.28. The van der Waals surface area contributed by atoms with Crippen LogP contribution in [-0.2, 0) is 11.2 Å². The number of hydrogen-bond donors (Lipinski definition) is 1. The highest BCUT2D eigenvalue weighted by Crippen LogP contribution is 2.33. The van der Waals surface area contributed by atoms with Crippen molar-refractivity contribution < 1.29 is 4.74 Å². The van der Waals surface area contributed by atoms with Crippen LogP contribution in [-0.4, -0.2) is 12.1 Å². The Hall–Kier alpha value is -1.20. The summed E-state index contributed by atoms with van der Waals surface area (Å²) in [5.41, 5.74) is 7.99. The summed E-state index contributed by atoms with van der Waals surface area (Å²) in [6, 6.07) is 5.72. The zero-order chi connectivity index (χ0) is 14.8. The normalized spacial score (nSPS) is 11.6. The van der Waals surface area contributed by atoms with Crippen molar-refractivity contribution in [3.8, 4) is 5.75 Å². The van der Waals surface area contributed by atoms with E-state index in [0.717, 1.165) is 27.8 Å². The molecule has 1 aromatic carbocycles. The molecule has 0 radical (unpaired) electrons. The maximum Gasteiger partial charge on any atom is 0.120 e. The lowest BCUT2D eigenvalue weighted by Crippen LogP contribution is -2.10. The molecule has 1 heterocycles. The first-order chi connectivity index (χ1) is 9.40. The molecular weight excluding hydrogens is 288 g/mol. The highest BCUT2D eigenvalue weighted by molar-refractivity contribution is 7.98. The predicted molar refractivity (Wildman–Crippen MR) is 87.8 cm³/mol. The zero-order valence-corrected chi connectivity index (χ0v) is 13.9. The monoisotopic (exact) mass is 308 g/mol. The van der Waals surface area contributed by atoms with Crippen LogP contribution in [0.1, 0.15) is 31.5 Å². The molecule has 3 nitrogen and oxygen atoms in total. The number of thiazole rings is 1. The molecule has 0 bridgehead atoms. The summed E-state index contributed by atoms with van der Waals surface area (Å²) in [6.45, 7) is 6.55. The number of ether oxygens (including phenoxy) is 1. The highest BCUT2D eigenvalue weighted by Gasteiger charge is 2.18. The minimum Gasteiger partial charge on any atom is -0.497 e. The average Bonchev–Trinajstić information content (AvgIpc) is 2.86. The lowest BCUT2D eigenvalue weighted by molar-refractivity contribution is 0.414. The van der Waals surface area contributed by atoms with Crippen LogP contribution in [0.3, 0.4) is 0 Å². The Labute approximate surface area is 128 Å². The number of nitrogen functional groups attached to an aromatic ring is 1. The molecule has 0 atom stereocenters. The van der Waals surface area contributed by atoms with Gasteiger partial charge in [0.05, 0.1) is 17.8 Å². The van der Waals surface area contributed by atoms with Crippen molar-refractivity contribution in [1.29, 1.82) is 0 Å². The van der Waals surface area contributed by atoms with E-state index in [9.17, 15) is 0 Å². The quantitative estimate of drug-likeness (QED) is 0.675. The lowest BCUT2D eigenvalue weighted by atomic mass is 9.98. The molecule has 0 aliphatic carbocycles. The van der Waals surface area contributed by atoms with Gasteiger partial charge in [0, 0.05) is 27.1 Å². The summed E-state index contributed by atoms with van der Waals surface area (Å²) in [5, 5.41) is 3.30. The molecule has 0 aliphatic heterocycles. The molecule has 0 fully saturated rings. The topological polar surface area (TPSA) is 48.1 Å². The number of methoxy groups -OCH3 is 1. The maximum atomic E-state index is 5.99. The summed E-state index contributed by atoms with van der Waals surface area (Å²) in [5.74, 6) is 1.65. The highest BCUT2D eigenvalue weighted by atomic mass is 32.2. The molecule has 20 heavy (non-hydrogen) atoms. The molecule has 1 aromatic heterocycles. The smallest absolute Gasteiger partial charge is 0.120 e. The van der Waals surface area contributed by atoms with Crippen molar-refractivity contribution in [2.24, 2.45) is 0 Å². The third-order valence-electron chi connectivity index (χ3n) is 2.79. The van der Waals surface area contributed by atoms with Crippen molar-refractivity contribution in [2.75, 3.05) is 12.8 Å². The fourth-order valence-corrected chi connectivity index (χ4v) is 3.53. The van der Waals surface area contributed by atoms with Gasteiger partial charge in [-0.1, -0.05) is 20.8 Å². The van der Waals surface area contributed by atoms with Crippen LogP contribution < -0.4 is 10.5 Å². The molecule has 5 heteroatoms. The summed E-state index contributed by atoms with van der Waals surface area (Å²) < 4.78 is 5.23. The second kappa shape index (κ2) is 6.06. The maximum absolute atomic E-state index is 5.99. The third kappa shape index (κ3) is 3.67. The van der Waals surface area contributed by atoms with Gasteiger partial charge in [0.1, 0.15) is 5.75 Å². The van der Waals surface area contributed by atoms with Crippen LogP contribution in [0.4, 0.5) is 5.69 Å². The van der Waals surface area contributed by atoms with Crippen LogP contribution in [0.2, 0.25) is 0 Å². The molecule has 108 valence electrons. The Kier molecular flexibility index (Phi) is 4.60. The van der Waals surface area contributed by atoms with Crippen LogP contribution in [0, 0.1) is 0 Å². The van der Waals surface area contributed by atoms with Gasteiger partial charge in [0.15, 0.2) is 0 Å². The fourth-order valence-electron chi connectivity index (χ4n) is 1.64. The zero-order valence-electron chi connectivity index (χ0n) is 12.3. The van der Waals surface area contributed by atoms with Crippen molar-refractivity contribution in [2.45, 2.75) is 36.8 Å². The van der Waals surface area contributed by atoms with Crippen molar-refractivity contribution in [1.82, 2.24) is 4.98 Å². The number of nitrogens with two attached hydrogens (primary N) is 1. The Bertz CT molecular complexity index is 588. The second-order valence-electron chi connectivity index (χ2n) is 5.59. The molecule has 2 N–H and O–H groups in total. The number of anilines is 1. The van der Waals surface area contributed by atoms with Crippen LogP contribution in [0.15, 0.2) is 28.5 Å². The first-order valence-electron chi connectivity index (χ1n) is 6.41. The molecular formula is C15H20N2OS2. The molecule has 2 rings (SSSR count). The summed E-state index contributed by atoms with van der Waals surface area (Å²) in [7, 11) is 1.66. The van der Waals surface area contributed by atoms with Gasteiger partial charge in [0.2, 0.25) is 0 Å². The van der Waals surface area contributed by atoms with E-state index >= 15 is 0 Å². The second-order valence-corrected chi connectivity index (χ2v) is 7.46. The summed E-state index contributed by atoms with van der Waals surface area (Å²) >= 11 is 3.42. The van der Waals surface area contributed by atoms with E-state index in [2.05, 4.69) is 26.2 Å². The third-order valence-corrected chi connectivity index (χ3v) is 5.21. The van der Waals surface area contributed by atoms with Gasteiger partial charge in [-0.05, 0) is 18.2 Å². The lowest BCUT2D eigenvalue weighted by Gasteiger charge is -2.13. The number of nitrogens with zero attached hydrogens (tertiary/aromatic N) is 1. The van der Waals surface area contributed by atoms with Gasteiger partial charge in [-0.2, -0.15) is 0 Å². The minimum absolute atomic E-state index is 0.114. The Morgan fingerprint density at radius 3 is 2.70 bits per heavy atom. The number of aromatic nitrogens is 1. The first kappa shape index (κ1) is 15.2. The summed E-state index contributed by atoms with van der Waals surface area (Å²) in [6.07, 6.45) is 0. The van der Waals surface area contributed by atoms with E-state index < -0.39 is 0 Å². The van der Waals surface area contributed by atoms with Gasteiger partial charge in [-0.3, -0.25) is 0 Å². The van der Waals surface area contributed by atoms with Gasteiger partial charge >= 0.3 is 0 Å². The predicted octanol–water partition coefficient (Wildman–Crippen LogP) is 4.32. The molecule has 0 spiro atoms. The van der Waals surface area contributed by atoms with E-state index in [1.54, 1.807) is 30.2 Å². The molecule has 0 saturated carbocycles. The van der Waals surface area contributed by atoms with Crippen LogP contribution in [0.25, 0.3) is 0 Å². The molecule has 0 saturated heterocycles. The number of hydrogen-bond acceptors (Lipinski definition) is 5. The van der Waals surface area contributed by atoms with Crippen molar-refractivity contribution >= 4 is 28.8 Å². The molecule has 2 aromatic rings. The van der Waals surface area contributed by atoms with Crippen LogP contribution in [0.5, 0.6) is 5.75 Å². The van der Waals surface area contributed by atoms with Gasteiger partial charge in [-0.25, -0.2) is 4.98 Å². The van der Waals surface area contributed by atoms with Crippen molar-refractivity contribution in [3.05, 3.63) is 34.3 Å². The largest absolute Gasteiger partial charge is 0.497 e. The van der Waals surface area contributed by atoms with Crippen LogP contribution >= 0.6 is 23.1 Å². The van der Waals surface area contributed by atoms with E-state index in [-0.39, 0.29) is 5.41 Å².